The summed E-state index contributed by atoms with van der Waals surface area (Å²) < 4.78 is 0. The first-order chi connectivity index (χ1) is 10.7. The first-order valence-corrected chi connectivity index (χ1v) is 10.0. The van der Waals surface area contributed by atoms with Gasteiger partial charge in [-0.2, -0.15) is 0 Å². The Labute approximate surface area is 140 Å². The molecule has 0 aliphatic heterocycles. The number of aliphatic hydroxyl groups is 1. The van der Waals surface area contributed by atoms with Crippen molar-refractivity contribution in [1.29, 1.82) is 0 Å². The molecule has 0 radical (unpaired) electrons. The lowest BCUT2D eigenvalue weighted by Crippen LogP contribution is -2.04. The second-order valence-electron chi connectivity index (χ2n) is 7.07. The lowest BCUT2D eigenvalue weighted by atomic mass is 10.00. The van der Waals surface area contributed by atoms with Crippen molar-refractivity contribution in [3.05, 3.63) is 12.2 Å². The third-order valence-corrected chi connectivity index (χ3v) is 4.73. The van der Waals surface area contributed by atoms with Gasteiger partial charge in [0.05, 0.1) is 6.10 Å². The van der Waals surface area contributed by atoms with Crippen molar-refractivity contribution in [3.8, 4) is 0 Å². The molecule has 0 aromatic heterocycles. The van der Waals surface area contributed by atoms with Crippen LogP contribution in [0.4, 0.5) is 0 Å². The molecule has 0 saturated carbocycles. The Morgan fingerprint density at radius 1 is 0.773 bits per heavy atom. The summed E-state index contributed by atoms with van der Waals surface area (Å²) in [7, 11) is 0. The molecule has 1 nitrogen and oxygen atoms in total. The fraction of sp³-hybridized carbons (Fsp3) is 0.905. The predicted molar refractivity (Wildman–Crippen MR) is 100 cm³/mol. The van der Waals surface area contributed by atoms with Crippen molar-refractivity contribution >= 4 is 0 Å². The minimum absolute atomic E-state index is 0.117. The highest BCUT2D eigenvalue weighted by Gasteiger charge is 2.00. The normalized spacial score (nSPS) is 14.5. The fourth-order valence-electron chi connectivity index (χ4n) is 2.79. The molecule has 1 heteroatoms. The van der Waals surface area contributed by atoms with E-state index in [1.54, 1.807) is 0 Å². The third-order valence-electron chi connectivity index (χ3n) is 4.73. The predicted octanol–water partition coefficient (Wildman–Crippen LogP) is 7.04. The monoisotopic (exact) mass is 310 g/mol. The van der Waals surface area contributed by atoms with Gasteiger partial charge in [0.2, 0.25) is 0 Å². The first-order valence-electron chi connectivity index (χ1n) is 10.0. The van der Waals surface area contributed by atoms with Crippen molar-refractivity contribution in [2.45, 2.75) is 117 Å². The van der Waals surface area contributed by atoms with E-state index in [9.17, 15) is 5.11 Å². The third kappa shape index (κ3) is 16.1. The molecule has 0 bridgehead atoms. The molecule has 0 aliphatic carbocycles. The second-order valence-corrected chi connectivity index (χ2v) is 7.07. The number of hydrogen-bond acceptors (Lipinski definition) is 1. The molecule has 0 heterocycles. The van der Waals surface area contributed by atoms with Crippen LogP contribution in [0.2, 0.25) is 0 Å². The van der Waals surface area contributed by atoms with Crippen LogP contribution >= 0.6 is 0 Å². The van der Waals surface area contributed by atoms with Gasteiger partial charge in [0.15, 0.2) is 0 Å². The molecular formula is C21H42O. The Hall–Kier alpha value is -0.300. The summed E-state index contributed by atoms with van der Waals surface area (Å²) in [5.41, 5.74) is 0. The average molecular weight is 311 g/mol. The molecule has 0 aromatic carbocycles. The van der Waals surface area contributed by atoms with Crippen LogP contribution < -0.4 is 0 Å². The highest BCUT2D eigenvalue weighted by molar-refractivity contribution is 4.84. The Morgan fingerprint density at radius 2 is 1.41 bits per heavy atom. The largest absolute Gasteiger partial charge is 0.393 e. The molecule has 0 fully saturated rings. The summed E-state index contributed by atoms with van der Waals surface area (Å²) in [5.74, 6) is 0.913. The SMILES string of the molecule is CCCCCCC(O)C/C=C\CCCCCCCC(C)CC. The number of unbranched alkanes of at least 4 members (excludes halogenated alkanes) is 8. The van der Waals surface area contributed by atoms with Crippen LogP contribution in [0.1, 0.15) is 111 Å². The lowest BCUT2D eigenvalue weighted by Gasteiger charge is -2.07. The molecule has 0 aromatic rings. The van der Waals surface area contributed by atoms with Crippen molar-refractivity contribution in [1.82, 2.24) is 0 Å². The minimum Gasteiger partial charge on any atom is -0.393 e. The minimum atomic E-state index is -0.117. The zero-order valence-electron chi connectivity index (χ0n) is 15.7. The van der Waals surface area contributed by atoms with Gasteiger partial charge in [-0.05, 0) is 31.6 Å². The molecular weight excluding hydrogens is 268 g/mol. The topological polar surface area (TPSA) is 20.2 Å². The number of allylic oxidation sites excluding steroid dienone is 1. The molecule has 0 saturated heterocycles. The van der Waals surface area contributed by atoms with Gasteiger partial charge in [-0.3, -0.25) is 0 Å². The van der Waals surface area contributed by atoms with E-state index in [4.69, 9.17) is 0 Å². The smallest absolute Gasteiger partial charge is 0.0574 e. The van der Waals surface area contributed by atoms with Crippen LogP contribution in [0.5, 0.6) is 0 Å². The van der Waals surface area contributed by atoms with E-state index < -0.39 is 0 Å². The maximum absolute atomic E-state index is 9.86. The van der Waals surface area contributed by atoms with E-state index in [2.05, 4.69) is 32.9 Å². The number of rotatable bonds is 16. The summed E-state index contributed by atoms with van der Waals surface area (Å²) in [6.07, 6.45) is 22.0. The molecule has 0 amide bonds. The lowest BCUT2D eigenvalue weighted by molar-refractivity contribution is 0.163. The van der Waals surface area contributed by atoms with Gasteiger partial charge < -0.3 is 5.11 Å². The van der Waals surface area contributed by atoms with Gasteiger partial charge >= 0.3 is 0 Å². The highest BCUT2D eigenvalue weighted by Crippen LogP contribution is 2.14. The van der Waals surface area contributed by atoms with E-state index >= 15 is 0 Å². The Balaban J connectivity index is 3.26. The molecule has 0 aliphatic rings. The summed E-state index contributed by atoms with van der Waals surface area (Å²) in [4.78, 5) is 0. The van der Waals surface area contributed by atoms with Crippen LogP contribution in [0.25, 0.3) is 0 Å². The average Bonchev–Trinajstić information content (AvgIpc) is 2.53. The molecule has 2 atom stereocenters. The molecule has 132 valence electrons. The van der Waals surface area contributed by atoms with E-state index in [-0.39, 0.29) is 6.10 Å². The molecule has 1 N–H and O–H groups in total. The van der Waals surface area contributed by atoms with Gasteiger partial charge in [-0.1, -0.05) is 97.1 Å². The van der Waals surface area contributed by atoms with Crippen LogP contribution in [0.3, 0.4) is 0 Å². The van der Waals surface area contributed by atoms with Crippen LogP contribution in [0, 0.1) is 5.92 Å². The summed E-state index contributed by atoms with van der Waals surface area (Å²) in [5, 5.41) is 9.86. The van der Waals surface area contributed by atoms with E-state index in [1.807, 2.05) is 0 Å². The fourth-order valence-corrected chi connectivity index (χ4v) is 2.79. The van der Waals surface area contributed by atoms with Crippen LogP contribution in [0.15, 0.2) is 12.2 Å². The van der Waals surface area contributed by atoms with Gasteiger partial charge in [0.1, 0.15) is 0 Å². The van der Waals surface area contributed by atoms with Gasteiger partial charge in [-0.15, -0.1) is 0 Å². The maximum atomic E-state index is 9.86. The van der Waals surface area contributed by atoms with Crippen LogP contribution in [-0.2, 0) is 0 Å². The molecule has 22 heavy (non-hydrogen) atoms. The van der Waals surface area contributed by atoms with Gasteiger partial charge in [0.25, 0.3) is 0 Å². The van der Waals surface area contributed by atoms with E-state index in [0.717, 1.165) is 18.8 Å². The van der Waals surface area contributed by atoms with Crippen molar-refractivity contribution < 1.29 is 5.11 Å². The van der Waals surface area contributed by atoms with Crippen molar-refractivity contribution in [2.24, 2.45) is 5.92 Å². The number of hydrogen-bond donors (Lipinski definition) is 1. The summed E-state index contributed by atoms with van der Waals surface area (Å²) in [6, 6.07) is 0. The Bertz CT molecular complexity index is 234. The Morgan fingerprint density at radius 3 is 2.14 bits per heavy atom. The molecule has 2 unspecified atom stereocenters. The quantitative estimate of drug-likeness (QED) is 0.239. The van der Waals surface area contributed by atoms with Crippen molar-refractivity contribution in [3.63, 3.8) is 0 Å². The van der Waals surface area contributed by atoms with Gasteiger partial charge in [0, 0.05) is 0 Å². The second kappa shape index (κ2) is 17.1. The zero-order chi connectivity index (χ0) is 16.5. The summed E-state index contributed by atoms with van der Waals surface area (Å²) in [6.45, 7) is 6.88. The summed E-state index contributed by atoms with van der Waals surface area (Å²) >= 11 is 0. The molecule has 0 spiro atoms. The standard InChI is InChI=1S/C21H42O/c1-4-6-7-15-18-21(22)19-16-13-11-9-8-10-12-14-17-20(3)5-2/h13,16,20-22H,4-12,14-15,17-19H2,1-3H3/b16-13-. The zero-order valence-corrected chi connectivity index (χ0v) is 15.7. The highest BCUT2D eigenvalue weighted by atomic mass is 16.3. The van der Waals surface area contributed by atoms with E-state index in [0.29, 0.717) is 0 Å². The van der Waals surface area contributed by atoms with E-state index in [1.165, 1.54) is 77.0 Å². The number of aliphatic hydroxyl groups excluding tert-OH is 1. The molecule has 0 rings (SSSR count). The Kier molecular flexibility index (Phi) is 16.8. The first kappa shape index (κ1) is 21.7. The maximum Gasteiger partial charge on any atom is 0.0574 e. The van der Waals surface area contributed by atoms with Gasteiger partial charge in [-0.25, -0.2) is 0 Å². The van der Waals surface area contributed by atoms with Crippen LogP contribution in [-0.4, -0.2) is 11.2 Å². The van der Waals surface area contributed by atoms with Crippen molar-refractivity contribution in [2.75, 3.05) is 0 Å².